The molecule has 0 saturated carbocycles. The molecule has 7 nitrogen and oxygen atoms in total. The van der Waals surface area contributed by atoms with Crippen molar-refractivity contribution >= 4 is 17.5 Å². The molecule has 1 fully saturated rings. The summed E-state index contributed by atoms with van der Waals surface area (Å²) in [5.74, 6) is -0.588. The number of carbonyl (C=O) groups excluding carboxylic acids is 2. The Morgan fingerprint density at radius 2 is 2.14 bits per heavy atom. The number of likely N-dealkylation sites (tertiary alicyclic amines) is 1. The molecule has 2 amide bonds. The second-order valence-electron chi connectivity index (χ2n) is 7.05. The van der Waals surface area contributed by atoms with Crippen LogP contribution in [0.5, 0.6) is 0 Å². The lowest BCUT2D eigenvalue weighted by atomic mass is 9.85. The number of rotatable bonds is 3. The highest BCUT2D eigenvalue weighted by Gasteiger charge is 2.34. The molecule has 0 spiro atoms. The van der Waals surface area contributed by atoms with Crippen LogP contribution in [0.2, 0.25) is 0 Å². The van der Waals surface area contributed by atoms with Crippen molar-refractivity contribution in [2.24, 2.45) is 0 Å². The van der Waals surface area contributed by atoms with Gasteiger partial charge >= 0.3 is 6.09 Å². The molecule has 150 valence electrons. The summed E-state index contributed by atoms with van der Waals surface area (Å²) in [7, 11) is 1.29. The van der Waals surface area contributed by atoms with Crippen LogP contribution < -0.4 is 5.32 Å². The molecule has 29 heavy (non-hydrogen) atoms. The van der Waals surface area contributed by atoms with Crippen LogP contribution in [-0.2, 0) is 4.74 Å². The molecule has 3 heterocycles. The minimum atomic E-state index is -0.580. The van der Waals surface area contributed by atoms with Crippen LogP contribution in [0.4, 0.5) is 9.18 Å². The van der Waals surface area contributed by atoms with E-state index in [1.165, 1.54) is 19.2 Å². The SMILES string of the molecule is COC(=O)N[C@@H]1CN(C(=O)c2cccn3cncc23)CC[C@H]1c1cccc(F)c1. The molecule has 8 heteroatoms. The highest BCUT2D eigenvalue weighted by molar-refractivity contribution is 6.00. The Kier molecular flexibility index (Phi) is 5.16. The first kappa shape index (κ1) is 18.9. The molecule has 1 saturated heterocycles. The number of piperidine rings is 1. The maximum atomic E-state index is 13.7. The van der Waals surface area contributed by atoms with Crippen molar-refractivity contribution in [3.8, 4) is 0 Å². The molecule has 2 atom stereocenters. The number of nitrogens with one attached hydrogen (secondary N) is 1. The number of benzene rings is 1. The van der Waals surface area contributed by atoms with Gasteiger partial charge in [0.2, 0.25) is 0 Å². The van der Waals surface area contributed by atoms with Crippen LogP contribution in [0.25, 0.3) is 5.52 Å². The number of amides is 2. The number of halogens is 1. The predicted octanol–water partition coefficient (Wildman–Crippen LogP) is 2.83. The van der Waals surface area contributed by atoms with Crippen LogP contribution in [0.1, 0.15) is 28.3 Å². The van der Waals surface area contributed by atoms with E-state index in [2.05, 4.69) is 10.3 Å². The number of carbonyl (C=O) groups is 2. The molecule has 0 radical (unpaired) electrons. The van der Waals surface area contributed by atoms with Crippen molar-refractivity contribution in [2.75, 3.05) is 20.2 Å². The largest absolute Gasteiger partial charge is 0.453 e. The lowest BCUT2D eigenvalue weighted by molar-refractivity contribution is 0.0671. The molecule has 0 bridgehead atoms. The third-order valence-corrected chi connectivity index (χ3v) is 5.35. The van der Waals surface area contributed by atoms with E-state index in [0.717, 1.165) is 11.1 Å². The van der Waals surface area contributed by atoms with E-state index in [1.807, 2.05) is 12.3 Å². The quantitative estimate of drug-likeness (QED) is 0.739. The van der Waals surface area contributed by atoms with Crippen molar-refractivity contribution in [3.63, 3.8) is 0 Å². The maximum Gasteiger partial charge on any atom is 0.407 e. The highest BCUT2D eigenvalue weighted by Crippen LogP contribution is 2.30. The zero-order valence-corrected chi connectivity index (χ0v) is 15.9. The van der Waals surface area contributed by atoms with Crippen molar-refractivity contribution in [1.29, 1.82) is 0 Å². The Labute approximate surface area is 167 Å². The number of imidazole rings is 1. The third kappa shape index (κ3) is 3.78. The van der Waals surface area contributed by atoms with Gasteiger partial charge in [0.25, 0.3) is 5.91 Å². The summed E-state index contributed by atoms with van der Waals surface area (Å²) in [6.45, 7) is 0.791. The van der Waals surface area contributed by atoms with E-state index in [1.54, 1.807) is 40.0 Å². The molecular formula is C21H21FN4O3. The van der Waals surface area contributed by atoms with Gasteiger partial charge in [-0.3, -0.25) is 4.79 Å². The van der Waals surface area contributed by atoms with Crippen LogP contribution in [0.15, 0.2) is 55.1 Å². The number of alkyl carbamates (subject to hydrolysis) is 1. The molecule has 0 unspecified atom stereocenters. The summed E-state index contributed by atoms with van der Waals surface area (Å²) >= 11 is 0. The normalized spacial score (nSPS) is 19.2. The fraction of sp³-hybridized carbons (Fsp3) is 0.286. The van der Waals surface area contributed by atoms with Crippen molar-refractivity contribution in [1.82, 2.24) is 19.6 Å². The summed E-state index contributed by atoms with van der Waals surface area (Å²) in [6.07, 6.45) is 5.13. The van der Waals surface area contributed by atoms with Crippen LogP contribution in [-0.4, -0.2) is 52.5 Å². The summed E-state index contributed by atoms with van der Waals surface area (Å²) in [4.78, 5) is 30.9. The van der Waals surface area contributed by atoms with Gasteiger partial charge in [-0.2, -0.15) is 0 Å². The average Bonchev–Trinajstić information content (AvgIpc) is 3.22. The first-order chi connectivity index (χ1) is 14.1. The van der Waals surface area contributed by atoms with Crippen molar-refractivity contribution in [2.45, 2.75) is 18.4 Å². The fourth-order valence-corrected chi connectivity index (χ4v) is 3.93. The number of methoxy groups -OCH3 is 1. The van der Waals surface area contributed by atoms with Gasteiger partial charge in [-0.15, -0.1) is 0 Å². The Bertz CT molecular complexity index is 1050. The third-order valence-electron chi connectivity index (χ3n) is 5.35. The number of nitrogens with zero attached hydrogens (tertiary/aromatic N) is 3. The van der Waals surface area contributed by atoms with Crippen LogP contribution in [0.3, 0.4) is 0 Å². The number of hydrogen-bond acceptors (Lipinski definition) is 4. The Balaban J connectivity index is 1.60. The van der Waals surface area contributed by atoms with Crippen LogP contribution in [0, 0.1) is 5.82 Å². The smallest absolute Gasteiger partial charge is 0.407 e. The molecule has 2 aromatic heterocycles. The van der Waals surface area contributed by atoms with Gasteiger partial charge < -0.3 is 19.4 Å². The summed E-state index contributed by atoms with van der Waals surface area (Å²) < 4.78 is 20.3. The molecule has 1 aliphatic heterocycles. The lowest BCUT2D eigenvalue weighted by Gasteiger charge is -2.39. The number of pyridine rings is 1. The Morgan fingerprint density at radius 3 is 2.93 bits per heavy atom. The van der Waals surface area contributed by atoms with Gasteiger partial charge in [-0.05, 0) is 36.2 Å². The number of fused-ring (bicyclic) bond motifs is 1. The average molecular weight is 396 g/mol. The number of ether oxygens (including phenoxy) is 1. The van der Waals surface area contributed by atoms with Crippen molar-refractivity contribution < 1.29 is 18.7 Å². The fourth-order valence-electron chi connectivity index (χ4n) is 3.93. The lowest BCUT2D eigenvalue weighted by Crippen LogP contribution is -2.53. The summed E-state index contributed by atoms with van der Waals surface area (Å²) in [5.41, 5.74) is 2.06. The molecule has 0 aliphatic carbocycles. The molecule has 4 rings (SSSR count). The second-order valence-corrected chi connectivity index (χ2v) is 7.05. The van der Waals surface area contributed by atoms with Gasteiger partial charge in [0.05, 0.1) is 36.8 Å². The number of hydrogen-bond donors (Lipinski definition) is 1. The zero-order chi connectivity index (χ0) is 20.4. The van der Waals surface area contributed by atoms with E-state index in [0.29, 0.717) is 25.1 Å². The van der Waals surface area contributed by atoms with E-state index in [-0.39, 0.29) is 17.6 Å². The summed E-state index contributed by atoms with van der Waals surface area (Å²) in [5, 5.41) is 2.81. The minimum absolute atomic E-state index is 0.125. The first-order valence-electron chi connectivity index (χ1n) is 9.36. The van der Waals surface area contributed by atoms with Gasteiger partial charge in [-0.25, -0.2) is 14.2 Å². The van der Waals surface area contributed by atoms with Gasteiger partial charge in [-0.1, -0.05) is 12.1 Å². The predicted molar refractivity (Wildman–Crippen MR) is 104 cm³/mol. The molecule has 3 aromatic rings. The van der Waals surface area contributed by atoms with Gasteiger partial charge in [0.1, 0.15) is 5.82 Å². The molecule has 1 aromatic carbocycles. The molecule has 1 N–H and O–H groups in total. The monoisotopic (exact) mass is 396 g/mol. The van der Waals surface area contributed by atoms with Gasteiger partial charge in [0.15, 0.2) is 0 Å². The highest BCUT2D eigenvalue weighted by atomic mass is 19.1. The molecule has 1 aliphatic rings. The topological polar surface area (TPSA) is 75.9 Å². The van der Waals surface area contributed by atoms with E-state index in [9.17, 15) is 14.0 Å². The molecular weight excluding hydrogens is 375 g/mol. The van der Waals surface area contributed by atoms with E-state index < -0.39 is 12.1 Å². The van der Waals surface area contributed by atoms with Gasteiger partial charge in [0, 0.05) is 25.2 Å². The number of aromatic nitrogens is 2. The second kappa shape index (κ2) is 7.90. The van der Waals surface area contributed by atoms with E-state index >= 15 is 0 Å². The first-order valence-corrected chi connectivity index (χ1v) is 9.36. The summed E-state index contributed by atoms with van der Waals surface area (Å²) in [6, 6.07) is 9.51. The Morgan fingerprint density at radius 1 is 1.28 bits per heavy atom. The van der Waals surface area contributed by atoms with Crippen molar-refractivity contribution in [3.05, 3.63) is 72.1 Å². The minimum Gasteiger partial charge on any atom is -0.453 e. The zero-order valence-electron chi connectivity index (χ0n) is 15.9. The Hall–Kier alpha value is -3.42. The van der Waals surface area contributed by atoms with Crippen LogP contribution >= 0.6 is 0 Å². The standard InChI is InChI=1S/C21H21FN4O3/c1-29-21(28)24-18-12-25(9-7-16(18)14-4-2-5-15(22)10-14)20(27)17-6-3-8-26-13-23-11-19(17)26/h2-6,8,10-11,13,16,18H,7,9,12H2,1H3,(H,24,28)/t16-,18+/m0/s1. The maximum absolute atomic E-state index is 13.7. The van der Waals surface area contributed by atoms with E-state index in [4.69, 9.17) is 4.74 Å².